The van der Waals surface area contributed by atoms with Gasteiger partial charge in [0, 0.05) is 25.4 Å². The molecule has 0 fully saturated rings. The number of hydrogen-bond donors (Lipinski definition) is 1. The Labute approximate surface area is 118 Å². The number of aryl methyl sites for hydroxylation is 2. The van der Waals surface area contributed by atoms with E-state index in [-0.39, 0.29) is 0 Å². The van der Waals surface area contributed by atoms with Crippen LogP contribution in [-0.2, 0) is 19.4 Å². The minimum Gasteiger partial charge on any atom is -0.330 e. The fourth-order valence-corrected chi connectivity index (χ4v) is 2.48. The first-order chi connectivity index (χ1) is 9.88. The Kier molecular flexibility index (Phi) is 3.74. The first-order valence-electron chi connectivity index (χ1n) is 6.91. The van der Waals surface area contributed by atoms with Gasteiger partial charge in [0.15, 0.2) is 0 Å². The molecule has 4 nitrogen and oxygen atoms in total. The summed E-state index contributed by atoms with van der Waals surface area (Å²) >= 11 is 0. The highest BCUT2D eigenvalue weighted by Gasteiger charge is 2.09. The lowest BCUT2D eigenvalue weighted by molar-refractivity contribution is 0.664. The van der Waals surface area contributed by atoms with Crippen LogP contribution in [0.4, 0.5) is 0 Å². The number of nitrogens with zero attached hydrogens (tertiary/aromatic N) is 3. The Balaban J connectivity index is 1.90. The second kappa shape index (κ2) is 5.84. The molecule has 0 saturated carbocycles. The number of hydrogen-bond acceptors (Lipinski definition) is 3. The van der Waals surface area contributed by atoms with Crippen molar-refractivity contribution in [2.24, 2.45) is 5.73 Å². The van der Waals surface area contributed by atoms with Crippen molar-refractivity contribution in [3.8, 4) is 0 Å². The minimum absolute atomic E-state index is 0.621. The zero-order valence-corrected chi connectivity index (χ0v) is 11.4. The summed E-state index contributed by atoms with van der Waals surface area (Å²) < 4.78 is 2.27. The Morgan fingerprint density at radius 2 is 1.95 bits per heavy atom. The third-order valence-electron chi connectivity index (χ3n) is 3.45. The Morgan fingerprint density at radius 1 is 1.05 bits per heavy atom. The summed E-state index contributed by atoms with van der Waals surface area (Å²) in [5.74, 6) is 1.07. The van der Waals surface area contributed by atoms with Crippen LogP contribution in [0.2, 0.25) is 0 Å². The number of benzene rings is 1. The summed E-state index contributed by atoms with van der Waals surface area (Å²) in [6.07, 6.45) is 5.48. The fourth-order valence-electron chi connectivity index (χ4n) is 2.48. The molecule has 1 aromatic carbocycles. The molecular weight excluding hydrogens is 248 g/mol. The molecule has 2 N–H and O–H groups in total. The number of rotatable bonds is 5. The van der Waals surface area contributed by atoms with E-state index < -0.39 is 0 Å². The molecule has 2 heterocycles. The molecule has 4 heteroatoms. The molecule has 20 heavy (non-hydrogen) atoms. The summed E-state index contributed by atoms with van der Waals surface area (Å²) in [4.78, 5) is 8.84. The molecule has 3 rings (SSSR count). The quantitative estimate of drug-likeness (QED) is 0.770. The molecule has 0 radical (unpaired) electrons. The van der Waals surface area contributed by atoms with Gasteiger partial charge in [-0.15, -0.1) is 0 Å². The summed E-state index contributed by atoms with van der Waals surface area (Å²) in [6, 6.07) is 12.3. The molecule has 0 spiro atoms. The second-order valence-corrected chi connectivity index (χ2v) is 4.82. The van der Waals surface area contributed by atoms with Crippen molar-refractivity contribution in [3.63, 3.8) is 0 Å². The van der Waals surface area contributed by atoms with Crippen molar-refractivity contribution in [2.75, 3.05) is 6.54 Å². The van der Waals surface area contributed by atoms with Gasteiger partial charge in [0.05, 0.1) is 11.0 Å². The smallest absolute Gasteiger partial charge is 0.111 e. The van der Waals surface area contributed by atoms with E-state index in [1.54, 1.807) is 6.20 Å². The zero-order chi connectivity index (χ0) is 13.8. The highest BCUT2D eigenvalue weighted by atomic mass is 15.1. The van der Waals surface area contributed by atoms with Crippen LogP contribution in [0.15, 0.2) is 48.8 Å². The van der Waals surface area contributed by atoms with Gasteiger partial charge in [-0.25, -0.2) is 4.98 Å². The third kappa shape index (κ3) is 2.56. The van der Waals surface area contributed by atoms with Gasteiger partial charge in [-0.05, 0) is 36.7 Å². The third-order valence-corrected chi connectivity index (χ3v) is 3.45. The van der Waals surface area contributed by atoms with E-state index in [4.69, 9.17) is 5.73 Å². The standard InChI is InChI=1S/C16H18N4/c17-9-7-16-19-14-5-1-2-6-15(14)20(16)11-8-13-4-3-10-18-12-13/h1-6,10,12H,7-9,11,17H2. The van der Waals surface area contributed by atoms with E-state index in [1.807, 2.05) is 18.3 Å². The summed E-state index contributed by atoms with van der Waals surface area (Å²) in [7, 11) is 0. The van der Waals surface area contributed by atoms with Crippen molar-refractivity contribution in [1.29, 1.82) is 0 Å². The maximum absolute atomic E-state index is 5.70. The summed E-state index contributed by atoms with van der Waals surface area (Å²) in [5.41, 5.74) is 9.16. The van der Waals surface area contributed by atoms with Gasteiger partial charge in [0.1, 0.15) is 5.82 Å². The first-order valence-corrected chi connectivity index (χ1v) is 6.91. The minimum atomic E-state index is 0.621. The molecule has 102 valence electrons. The highest BCUT2D eigenvalue weighted by Crippen LogP contribution is 2.17. The molecule has 3 aromatic rings. The molecule has 2 aromatic heterocycles. The maximum atomic E-state index is 5.70. The Morgan fingerprint density at radius 3 is 2.75 bits per heavy atom. The average molecular weight is 266 g/mol. The predicted molar refractivity (Wildman–Crippen MR) is 80.4 cm³/mol. The Bertz CT molecular complexity index is 688. The van der Waals surface area contributed by atoms with Crippen molar-refractivity contribution < 1.29 is 0 Å². The zero-order valence-electron chi connectivity index (χ0n) is 11.4. The molecule has 0 amide bonds. The normalized spacial score (nSPS) is 11.1. The predicted octanol–water partition coefficient (Wildman–Crippen LogP) is 2.18. The van der Waals surface area contributed by atoms with Gasteiger partial charge in [0.2, 0.25) is 0 Å². The Hall–Kier alpha value is -2.20. The average Bonchev–Trinajstić information content (AvgIpc) is 2.84. The van der Waals surface area contributed by atoms with Crippen LogP contribution in [-0.4, -0.2) is 21.1 Å². The van der Waals surface area contributed by atoms with Crippen LogP contribution in [0, 0.1) is 0 Å². The number of pyridine rings is 1. The molecule has 0 aliphatic heterocycles. The largest absolute Gasteiger partial charge is 0.330 e. The lowest BCUT2D eigenvalue weighted by atomic mass is 10.2. The van der Waals surface area contributed by atoms with Gasteiger partial charge in [-0.1, -0.05) is 18.2 Å². The molecule has 0 unspecified atom stereocenters. The second-order valence-electron chi connectivity index (χ2n) is 4.82. The molecule has 0 aliphatic rings. The fraction of sp³-hybridized carbons (Fsp3) is 0.250. The van der Waals surface area contributed by atoms with Crippen LogP contribution in [0.25, 0.3) is 11.0 Å². The van der Waals surface area contributed by atoms with E-state index in [2.05, 4.69) is 38.8 Å². The number of nitrogens with two attached hydrogens (primary N) is 1. The van der Waals surface area contributed by atoms with E-state index >= 15 is 0 Å². The van der Waals surface area contributed by atoms with Gasteiger partial charge < -0.3 is 10.3 Å². The van der Waals surface area contributed by atoms with Crippen LogP contribution in [0.5, 0.6) is 0 Å². The molecule has 0 atom stereocenters. The van der Waals surface area contributed by atoms with Crippen LogP contribution in [0.3, 0.4) is 0 Å². The van der Waals surface area contributed by atoms with Crippen molar-refractivity contribution in [2.45, 2.75) is 19.4 Å². The topological polar surface area (TPSA) is 56.7 Å². The van der Waals surface area contributed by atoms with Gasteiger partial charge in [0.25, 0.3) is 0 Å². The first kappa shape index (κ1) is 12.8. The molecule has 0 bridgehead atoms. The van der Waals surface area contributed by atoms with E-state index in [1.165, 1.54) is 11.1 Å². The number of fused-ring (bicyclic) bond motifs is 1. The summed E-state index contributed by atoms with van der Waals surface area (Å²) in [5, 5.41) is 0. The van der Waals surface area contributed by atoms with Crippen LogP contribution >= 0.6 is 0 Å². The van der Waals surface area contributed by atoms with E-state index in [0.717, 1.165) is 30.7 Å². The van der Waals surface area contributed by atoms with Gasteiger partial charge in [-0.3, -0.25) is 4.98 Å². The lowest BCUT2D eigenvalue weighted by Gasteiger charge is -2.08. The van der Waals surface area contributed by atoms with Crippen LogP contribution in [0.1, 0.15) is 11.4 Å². The number of imidazole rings is 1. The lowest BCUT2D eigenvalue weighted by Crippen LogP contribution is -2.11. The van der Waals surface area contributed by atoms with E-state index in [0.29, 0.717) is 6.54 Å². The molecule has 0 aliphatic carbocycles. The maximum Gasteiger partial charge on any atom is 0.111 e. The van der Waals surface area contributed by atoms with Crippen molar-refractivity contribution in [3.05, 3.63) is 60.2 Å². The molecule has 0 saturated heterocycles. The van der Waals surface area contributed by atoms with Crippen LogP contribution < -0.4 is 5.73 Å². The van der Waals surface area contributed by atoms with Gasteiger partial charge in [-0.2, -0.15) is 0 Å². The van der Waals surface area contributed by atoms with Crippen molar-refractivity contribution in [1.82, 2.24) is 14.5 Å². The monoisotopic (exact) mass is 266 g/mol. The highest BCUT2D eigenvalue weighted by molar-refractivity contribution is 5.75. The van der Waals surface area contributed by atoms with Gasteiger partial charge >= 0.3 is 0 Å². The SMILES string of the molecule is NCCc1nc2ccccc2n1CCc1cccnc1. The summed E-state index contributed by atoms with van der Waals surface area (Å²) in [6.45, 7) is 1.53. The van der Waals surface area contributed by atoms with Crippen molar-refractivity contribution >= 4 is 11.0 Å². The van der Waals surface area contributed by atoms with E-state index in [9.17, 15) is 0 Å². The molecular formula is C16H18N4. The number of para-hydroxylation sites is 2. The number of aromatic nitrogens is 3.